The molecule has 0 aromatic carbocycles. The fourth-order valence-corrected chi connectivity index (χ4v) is 2.25. The second-order valence-electron chi connectivity index (χ2n) is 4.72. The normalized spacial score (nSPS) is 28.9. The maximum Gasteiger partial charge on any atom is 0.309 e. The average Bonchev–Trinajstić information content (AvgIpc) is 2.79. The Morgan fingerprint density at radius 1 is 1.56 bits per heavy atom. The molecule has 1 aliphatic carbocycles. The van der Waals surface area contributed by atoms with E-state index in [0.717, 1.165) is 0 Å². The molecule has 0 aromatic heterocycles. The molecular formula is C11H21NO4. The smallest absolute Gasteiger partial charge is 0.309 e. The molecule has 1 saturated carbocycles. The highest BCUT2D eigenvalue weighted by molar-refractivity contribution is 5.77. The summed E-state index contributed by atoms with van der Waals surface area (Å²) in [7, 11) is 3.12. The first-order valence-corrected chi connectivity index (χ1v) is 5.49. The highest BCUT2D eigenvalue weighted by Gasteiger charge is 2.66. The molecule has 0 spiro atoms. The number of nitrogens with zero attached hydrogens (tertiary/aromatic N) is 1. The van der Waals surface area contributed by atoms with Gasteiger partial charge in [-0.2, -0.15) is 5.06 Å². The molecule has 1 unspecified atom stereocenters. The second-order valence-corrected chi connectivity index (χ2v) is 4.72. The number of rotatable bonds is 5. The lowest BCUT2D eigenvalue weighted by atomic mass is 10.1. The standard InChI is InChI=1S/C11H21NO4/c1-6-16-10(14)8-7(11(8,2)3)9(13)12(4)15-5/h7-9,13H,6H2,1-5H3/t7-,8-,9?/m0/s1. The number of hydrogen-bond acceptors (Lipinski definition) is 5. The monoisotopic (exact) mass is 231 g/mol. The van der Waals surface area contributed by atoms with Crippen molar-refractivity contribution in [2.24, 2.45) is 17.3 Å². The van der Waals surface area contributed by atoms with E-state index in [1.165, 1.54) is 12.2 Å². The highest BCUT2D eigenvalue weighted by Crippen LogP contribution is 2.60. The molecule has 5 nitrogen and oxygen atoms in total. The number of hydroxylamine groups is 2. The van der Waals surface area contributed by atoms with E-state index in [1.807, 2.05) is 13.8 Å². The van der Waals surface area contributed by atoms with Crippen LogP contribution in [0.1, 0.15) is 20.8 Å². The van der Waals surface area contributed by atoms with Crippen molar-refractivity contribution in [2.45, 2.75) is 27.0 Å². The molecule has 16 heavy (non-hydrogen) atoms. The topological polar surface area (TPSA) is 59.0 Å². The SMILES string of the molecule is CCOC(=O)[C@@H]1[C@@H](C(O)N(C)OC)C1(C)C. The van der Waals surface area contributed by atoms with Crippen LogP contribution in [0.15, 0.2) is 0 Å². The molecule has 5 heteroatoms. The van der Waals surface area contributed by atoms with Gasteiger partial charge in [-0.15, -0.1) is 0 Å². The number of esters is 1. The predicted molar refractivity (Wildman–Crippen MR) is 58.2 cm³/mol. The fourth-order valence-electron chi connectivity index (χ4n) is 2.25. The van der Waals surface area contributed by atoms with E-state index in [1.54, 1.807) is 14.0 Å². The summed E-state index contributed by atoms with van der Waals surface area (Å²) in [6, 6.07) is 0. The lowest BCUT2D eigenvalue weighted by Crippen LogP contribution is -2.34. The first-order valence-electron chi connectivity index (χ1n) is 5.49. The summed E-state index contributed by atoms with van der Waals surface area (Å²) < 4.78 is 4.99. The second kappa shape index (κ2) is 4.69. The van der Waals surface area contributed by atoms with Crippen molar-refractivity contribution in [3.63, 3.8) is 0 Å². The Balaban J connectivity index is 2.66. The van der Waals surface area contributed by atoms with Gasteiger partial charge in [-0.3, -0.25) is 4.79 Å². The minimum absolute atomic E-state index is 0.142. The fraction of sp³-hybridized carbons (Fsp3) is 0.909. The van der Waals surface area contributed by atoms with Gasteiger partial charge in [0.1, 0.15) is 6.23 Å². The van der Waals surface area contributed by atoms with Gasteiger partial charge in [0, 0.05) is 13.0 Å². The van der Waals surface area contributed by atoms with Crippen LogP contribution in [0, 0.1) is 17.3 Å². The van der Waals surface area contributed by atoms with E-state index in [0.29, 0.717) is 6.61 Å². The molecule has 1 fully saturated rings. The van der Waals surface area contributed by atoms with Crippen LogP contribution in [-0.4, -0.2) is 43.1 Å². The summed E-state index contributed by atoms with van der Waals surface area (Å²) in [6.45, 7) is 6.05. The number of aliphatic hydroxyl groups is 1. The van der Waals surface area contributed by atoms with Crippen LogP contribution in [-0.2, 0) is 14.4 Å². The summed E-state index contributed by atoms with van der Waals surface area (Å²) in [5.74, 6) is -0.627. The van der Waals surface area contributed by atoms with Crippen LogP contribution in [0.5, 0.6) is 0 Å². The van der Waals surface area contributed by atoms with E-state index in [2.05, 4.69) is 0 Å². The van der Waals surface area contributed by atoms with Gasteiger partial charge in [-0.25, -0.2) is 0 Å². The van der Waals surface area contributed by atoms with Gasteiger partial charge >= 0.3 is 5.97 Å². The molecule has 1 rings (SSSR count). The van der Waals surface area contributed by atoms with Crippen molar-refractivity contribution in [1.82, 2.24) is 5.06 Å². The molecule has 0 heterocycles. The van der Waals surface area contributed by atoms with Crippen molar-refractivity contribution >= 4 is 5.97 Å². The zero-order valence-corrected chi connectivity index (χ0v) is 10.6. The van der Waals surface area contributed by atoms with Crippen molar-refractivity contribution in [3.8, 4) is 0 Å². The minimum Gasteiger partial charge on any atom is -0.466 e. The van der Waals surface area contributed by atoms with Crippen molar-refractivity contribution in [2.75, 3.05) is 20.8 Å². The quantitative estimate of drug-likeness (QED) is 0.427. The van der Waals surface area contributed by atoms with Gasteiger partial charge in [0.25, 0.3) is 0 Å². The predicted octanol–water partition coefficient (Wildman–Crippen LogP) is 0.633. The summed E-state index contributed by atoms with van der Waals surface area (Å²) in [4.78, 5) is 16.6. The lowest BCUT2D eigenvalue weighted by molar-refractivity contribution is -0.213. The molecule has 0 aliphatic heterocycles. The van der Waals surface area contributed by atoms with Gasteiger partial charge < -0.3 is 14.7 Å². The molecule has 94 valence electrons. The van der Waals surface area contributed by atoms with Crippen LogP contribution in [0.4, 0.5) is 0 Å². The zero-order valence-electron chi connectivity index (χ0n) is 10.6. The molecule has 0 saturated heterocycles. The van der Waals surface area contributed by atoms with E-state index in [4.69, 9.17) is 9.57 Å². The Bertz CT molecular complexity index is 267. The molecule has 1 N–H and O–H groups in total. The number of aliphatic hydroxyl groups excluding tert-OH is 1. The molecular weight excluding hydrogens is 210 g/mol. The Morgan fingerprint density at radius 2 is 2.12 bits per heavy atom. The van der Waals surface area contributed by atoms with Gasteiger partial charge in [-0.05, 0) is 12.3 Å². The first kappa shape index (κ1) is 13.4. The van der Waals surface area contributed by atoms with Crippen LogP contribution >= 0.6 is 0 Å². The summed E-state index contributed by atoms with van der Waals surface area (Å²) in [5, 5.41) is 11.3. The highest BCUT2D eigenvalue weighted by atomic mass is 16.7. The molecule has 0 amide bonds. The minimum atomic E-state index is -0.783. The van der Waals surface area contributed by atoms with Crippen LogP contribution in [0.3, 0.4) is 0 Å². The maximum atomic E-state index is 11.7. The maximum absolute atomic E-state index is 11.7. The Morgan fingerprint density at radius 3 is 2.56 bits per heavy atom. The van der Waals surface area contributed by atoms with Crippen molar-refractivity contribution in [3.05, 3.63) is 0 Å². The van der Waals surface area contributed by atoms with E-state index < -0.39 is 6.23 Å². The molecule has 0 bridgehead atoms. The van der Waals surface area contributed by atoms with Gasteiger partial charge in [0.15, 0.2) is 0 Å². The third-order valence-corrected chi connectivity index (χ3v) is 3.43. The van der Waals surface area contributed by atoms with Crippen molar-refractivity contribution in [1.29, 1.82) is 0 Å². The Labute approximate surface area is 96.3 Å². The molecule has 0 aromatic rings. The number of hydrogen-bond donors (Lipinski definition) is 1. The van der Waals surface area contributed by atoms with E-state index in [-0.39, 0.29) is 23.2 Å². The van der Waals surface area contributed by atoms with E-state index in [9.17, 15) is 9.90 Å². The van der Waals surface area contributed by atoms with Gasteiger partial charge in [0.2, 0.25) is 0 Å². The van der Waals surface area contributed by atoms with Gasteiger partial charge in [0.05, 0.1) is 19.6 Å². The number of carbonyl (C=O) groups excluding carboxylic acids is 1. The molecule has 1 aliphatic rings. The Kier molecular flexibility index (Phi) is 3.93. The summed E-state index contributed by atoms with van der Waals surface area (Å²) in [5.41, 5.74) is -0.238. The summed E-state index contributed by atoms with van der Waals surface area (Å²) in [6.07, 6.45) is -0.783. The average molecular weight is 231 g/mol. The number of ether oxygens (including phenoxy) is 1. The number of carbonyl (C=O) groups is 1. The largest absolute Gasteiger partial charge is 0.466 e. The van der Waals surface area contributed by atoms with Crippen LogP contribution in [0.25, 0.3) is 0 Å². The van der Waals surface area contributed by atoms with Crippen LogP contribution < -0.4 is 0 Å². The van der Waals surface area contributed by atoms with Crippen molar-refractivity contribution < 1.29 is 19.5 Å². The van der Waals surface area contributed by atoms with Crippen LogP contribution in [0.2, 0.25) is 0 Å². The molecule has 3 atom stereocenters. The van der Waals surface area contributed by atoms with Gasteiger partial charge in [-0.1, -0.05) is 13.8 Å². The lowest BCUT2D eigenvalue weighted by Gasteiger charge is -2.21. The molecule has 0 radical (unpaired) electrons. The third kappa shape index (κ3) is 2.21. The third-order valence-electron chi connectivity index (χ3n) is 3.43. The Hall–Kier alpha value is -0.650. The summed E-state index contributed by atoms with van der Waals surface area (Å²) >= 11 is 0. The van der Waals surface area contributed by atoms with E-state index >= 15 is 0 Å². The first-order chi connectivity index (χ1) is 7.37. The zero-order chi connectivity index (χ0) is 12.5.